The maximum atomic E-state index is 11.7. The van der Waals surface area contributed by atoms with E-state index in [4.69, 9.17) is 4.74 Å². The molecule has 0 aromatic heterocycles. The van der Waals surface area contributed by atoms with E-state index in [0.717, 1.165) is 12.1 Å². The average Bonchev–Trinajstić information content (AvgIpc) is 2.36. The molecule has 0 bridgehead atoms. The van der Waals surface area contributed by atoms with E-state index < -0.39 is 11.7 Å². The molecule has 0 radical (unpaired) electrons. The zero-order valence-corrected chi connectivity index (χ0v) is 14.0. The molecule has 21 heavy (non-hydrogen) atoms. The van der Waals surface area contributed by atoms with E-state index in [-0.39, 0.29) is 6.04 Å². The van der Waals surface area contributed by atoms with Crippen molar-refractivity contribution >= 4 is 11.8 Å². The smallest absolute Gasteiger partial charge is 0.412 e. The third kappa shape index (κ3) is 6.63. The number of nitrogens with one attached hydrogen (secondary N) is 2. The van der Waals surface area contributed by atoms with Crippen molar-refractivity contribution in [1.29, 1.82) is 0 Å². The summed E-state index contributed by atoms with van der Waals surface area (Å²) in [6.07, 6.45) is 0.670. The highest BCUT2D eigenvalue weighted by atomic mass is 16.6. The quantitative estimate of drug-likeness (QED) is 0.841. The summed E-state index contributed by atoms with van der Waals surface area (Å²) in [6.45, 7) is 12.0. The van der Waals surface area contributed by atoms with Crippen molar-refractivity contribution in [3.8, 4) is 0 Å². The summed E-state index contributed by atoms with van der Waals surface area (Å²) in [4.78, 5) is 11.7. The van der Waals surface area contributed by atoms with Crippen LogP contribution in [0.2, 0.25) is 0 Å². The molecule has 4 nitrogen and oxygen atoms in total. The van der Waals surface area contributed by atoms with Crippen LogP contribution in [0.1, 0.15) is 59.6 Å². The fourth-order valence-corrected chi connectivity index (χ4v) is 1.92. The minimum atomic E-state index is -0.487. The highest BCUT2D eigenvalue weighted by Crippen LogP contribution is 2.18. The third-order valence-corrected chi connectivity index (χ3v) is 3.20. The van der Waals surface area contributed by atoms with Crippen LogP contribution in [0.5, 0.6) is 0 Å². The van der Waals surface area contributed by atoms with Crippen LogP contribution in [-0.4, -0.2) is 17.7 Å². The monoisotopic (exact) mass is 292 g/mol. The predicted molar refractivity (Wildman–Crippen MR) is 87.6 cm³/mol. The Morgan fingerprint density at radius 2 is 1.76 bits per heavy atom. The first kappa shape index (κ1) is 17.5. The Morgan fingerprint density at radius 1 is 1.19 bits per heavy atom. The maximum Gasteiger partial charge on any atom is 0.412 e. The van der Waals surface area contributed by atoms with Gasteiger partial charge in [0.1, 0.15) is 5.60 Å². The predicted octanol–water partition coefficient (Wildman–Crippen LogP) is 4.48. The highest BCUT2D eigenvalue weighted by Gasteiger charge is 2.16. The van der Waals surface area contributed by atoms with Crippen LogP contribution in [0.15, 0.2) is 24.3 Å². The molecule has 0 aliphatic rings. The molecule has 1 aromatic carbocycles. The van der Waals surface area contributed by atoms with Crippen LogP contribution in [0.3, 0.4) is 0 Å². The van der Waals surface area contributed by atoms with Crippen LogP contribution < -0.4 is 10.6 Å². The van der Waals surface area contributed by atoms with E-state index in [1.807, 2.05) is 45.0 Å². The fourth-order valence-electron chi connectivity index (χ4n) is 1.92. The third-order valence-electron chi connectivity index (χ3n) is 3.20. The van der Waals surface area contributed by atoms with Gasteiger partial charge in [-0.1, -0.05) is 19.1 Å². The van der Waals surface area contributed by atoms with E-state index in [1.54, 1.807) is 0 Å². The summed E-state index contributed by atoms with van der Waals surface area (Å²) >= 11 is 0. The molecule has 2 atom stereocenters. The van der Waals surface area contributed by atoms with Gasteiger partial charge in [0.2, 0.25) is 0 Å². The molecule has 0 aliphatic heterocycles. The van der Waals surface area contributed by atoms with Crippen LogP contribution in [0.25, 0.3) is 0 Å². The summed E-state index contributed by atoms with van der Waals surface area (Å²) in [5, 5.41) is 6.26. The van der Waals surface area contributed by atoms with Gasteiger partial charge in [0.15, 0.2) is 0 Å². The van der Waals surface area contributed by atoms with Gasteiger partial charge in [0.05, 0.1) is 0 Å². The summed E-state index contributed by atoms with van der Waals surface area (Å²) in [5.41, 5.74) is 1.45. The first-order valence-electron chi connectivity index (χ1n) is 7.57. The van der Waals surface area contributed by atoms with Gasteiger partial charge in [-0.2, -0.15) is 0 Å². The summed E-state index contributed by atoms with van der Waals surface area (Å²) in [6, 6.07) is 8.61. The molecule has 0 heterocycles. The van der Waals surface area contributed by atoms with Gasteiger partial charge in [-0.05, 0) is 58.7 Å². The molecule has 0 aliphatic carbocycles. The second kappa shape index (κ2) is 7.46. The van der Waals surface area contributed by atoms with Gasteiger partial charge in [0, 0.05) is 17.8 Å². The molecule has 1 amide bonds. The fraction of sp³-hybridized carbons (Fsp3) is 0.588. The minimum Gasteiger partial charge on any atom is -0.444 e. The van der Waals surface area contributed by atoms with Gasteiger partial charge < -0.3 is 10.1 Å². The Morgan fingerprint density at radius 3 is 2.24 bits per heavy atom. The molecule has 2 N–H and O–H groups in total. The van der Waals surface area contributed by atoms with E-state index in [0.29, 0.717) is 6.04 Å². The molecule has 0 fully saturated rings. The van der Waals surface area contributed by atoms with Gasteiger partial charge in [0.25, 0.3) is 0 Å². The molecule has 4 heteroatoms. The van der Waals surface area contributed by atoms with Gasteiger partial charge in [-0.25, -0.2) is 4.79 Å². The average molecular weight is 292 g/mol. The van der Waals surface area contributed by atoms with Crippen molar-refractivity contribution in [1.82, 2.24) is 5.32 Å². The Kier molecular flexibility index (Phi) is 6.21. The van der Waals surface area contributed by atoms with Crippen molar-refractivity contribution in [3.63, 3.8) is 0 Å². The molecule has 0 saturated heterocycles. The van der Waals surface area contributed by atoms with Crippen LogP contribution in [-0.2, 0) is 4.74 Å². The van der Waals surface area contributed by atoms with Crippen molar-refractivity contribution in [2.45, 2.75) is 65.6 Å². The Hall–Kier alpha value is -1.55. The van der Waals surface area contributed by atoms with E-state index in [9.17, 15) is 4.79 Å². The first-order chi connectivity index (χ1) is 9.71. The lowest BCUT2D eigenvalue weighted by atomic mass is 10.1. The second-order valence-corrected chi connectivity index (χ2v) is 6.45. The number of carbonyl (C=O) groups excluding carboxylic acids is 1. The van der Waals surface area contributed by atoms with Crippen molar-refractivity contribution in [2.24, 2.45) is 0 Å². The molecule has 0 saturated carbocycles. The van der Waals surface area contributed by atoms with Crippen molar-refractivity contribution < 1.29 is 9.53 Å². The van der Waals surface area contributed by atoms with Gasteiger partial charge >= 0.3 is 6.09 Å². The number of carbonyl (C=O) groups is 1. The number of rotatable bonds is 5. The Labute approximate surface area is 128 Å². The van der Waals surface area contributed by atoms with Gasteiger partial charge in [-0.3, -0.25) is 5.32 Å². The number of anilines is 1. The van der Waals surface area contributed by atoms with E-state index in [2.05, 4.69) is 31.4 Å². The number of ether oxygens (including phenoxy) is 1. The van der Waals surface area contributed by atoms with Crippen LogP contribution >= 0.6 is 0 Å². The summed E-state index contributed by atoms with van der Waals surface area (Å²) < 4.78 is 5.22. The number of hydrogen-bond donors (Lipinski definition) is 2. The Bertz CT molecular complexity index is 449. The van der Waals surface area contributed by atoms with Gasteiger partial charge in [-0.15, -0.1) is 0 Å². The summed E-state index contributed by atoms with van der Waals surface area (Å²) in [7, 11) is 0. The lowest BCUT2D eigenvalue weighted by molar-refractivity contribution is 0.0636. The molecule has 1 rings (SSSR count). The van der Waals surface area contributed by atoms with E-state index in [1.165, 1.54) is 5.56 Å². The second-order valence-electron chi connectivity index (χ2n) is 6.45. The van der Waals surface area contributed by atoms with E-state index >= 15 is 0 Å². The molecule has 118 valence electrons. The normalized spacial score (nSPS) is 14.4. The van der Waals surface area contributed by atoms with Crippen molar-refractivity contribution in [3.05, 3.63) is 29.8 Å². The highest BCUT2D eigenvalue weighted by molar-refractivity contribution is 5.84. The minimum absolute atomic E-state index is 0.288. The largest absolute Gasteiger partial charge is 0.444 e. The SMILES string of the molecule is CCC(C)NC(C)c1ccc(NC(=O)OC(C)(C)C)cc1. The number of amides is 1. The zero-order valence-electron chi connectivity index (χ0n) is 14.0. The first-order valence-corrected chi connectivity index (χ1v) is 7.57. The molecule has 2 unspecified atom stereocenters. The molecular formula is C17H28N2O2. The Balaban J connectivity index is 2.60. The number of benzene rings is 1. The van der Waals surface area contributed by atoms with Crippen molar-refractivity contribution in [2.75, 3.05) is 5.32 Å². The molecular weight excluding hydrogens is 264 g/mol. The molecule has 1 aromatic rings. The maximum absolute atomic E-state index is 11.7. The standard InChI is InChI=1S/C17H28N2O2/c1-7-12(2)18-13(3)14-8-10-15(11-9-14)19-16(20)21-17(4,5)6/h8-13,18H,7H2,1-6H3,(H,19,20). The molecule has 0 spiro atoms. The topological polar surface area (TPSA) is 50.4 Å². The zero-order chi connectivity index (χ0) is 16.0. The summed E-state index contributed by atoms with van der Waals surface area (Å²) in [5.74, 6) is 0. The van der Waals surface area contributed by atoms with Crippen LogP contribution in [0, 0.1) is 0 Å². The lowest BCUT2D eigenvalue weighted by Gasteiger charge is -2.21. The lowest BCUT2D eigenvalue weighted by Crippen LogP contribution is -2.28. The number of hydrogen-bond acceptors (Lipinski definition) is 3. The van der Waals surface area contributed by atoms with Crippen LogP contribution in [0.4, 0.5) is 10.5 Å².